The second kappa shape index (κ2) is 4.89. The molecule has 0 bridgehead atoms. The van der Waals surface area contributed by atoms with E-state index in [1.54, 1.807) is 0 Å². The van der Waals surface area contributed by atoms with Crippen molar-refractivity contribution in [1.29, 1.82) is 0 Å². The topological polar surface area (TPSA) is 23.1 Å². The summed E-state index contributed by atoms with van der Waals surface area (Å²) in [4.78, 5) is 0.997. The minimum absolute atomic E-state index is 0.704. The van der Waals surface area contributed by atoms with E-state index in [0.717, 1.165) is 17.1 Å². The molecule has 0 aromatic rings. The molecule has 0 aliphatic rings. The third-order valence-electron chi connectivity index (χ3n) is 1.16. The Morgan fingerprint density at radius 2 is 2.22 bits per heavy atom. The average molecular weight is 146 g/mol. The lowest BCUT2D eigenvalue weighted by molar-refractivity contribution is 0.599. The van der Waals surface area contributed by atoms with Crippen LogP contribution in [0.5, 0.6) is 0 Å². The highest BCUT2D eigenvalue weighted by Gasteiger charge is 2.04. The summed E-state index contributed by atoms with van der Waals surface area (Å²) in [5, 5.41) is 0. The predicted octanol–water partition coefficient (Wildman–Crippen LogP) is 2.07. The smallest absolute Gasteiger partial charge is 0.122 e. The molecular weight excluding hydrogens is 132 g/mol. The number of allylic oxidation sites excluding steroid dienone is 2. The van der Waals surface area contributed by atoms with Crippen LogP contribution in [0.1, 0.15) is 27.2 Å². The van der Waals surface area contributed by atoms with E-state index >= 15 is 0 Å². The Morgan fingerprint density at radius 3 is 2.56 bits per heavy atom. The van der Waals surface area contributed by atoms with Gasteiger partial charge in [-0.25, -0.2) is 0 Å². The summed E-state index contributed by atoms with van der Waals surface area (Å²) in [6.45, 7) is 5.87. The van der Waals surface area contributed by atoms with Gasteiger partial charge >= 0.3 is 0 Å². The van der Waals surface area contributed by atoms with Gasteiger partial charge in [0.25, 0.3) is 0 Å². The summed E-state index contributed by atoms with van der Waals surface area (Å²) < 4.78 is 11.0. The summed E-state index contributed by atoms with van der Waals surface area (Å²) in [6, 6.07) is 0. The van der Waals surface area contributed by atoms with Crippen molar-refractivity contribution in [3.63, 3.8) is 0 Å². The van der Waals surface area contributed by atoms with Crippen molar-refractivity contribution < 1.29 is 4.55 Å². The van der Waals surface area contributed by atoms with Gasteiger partial charge < -0.3 is 4.55 Å². The molecule has 0 rings (SSSR count). The predicted molar refractivity (Wildman–Crippen MR) is 42.7 cm³/mol. The first-order valence-corrected chi connectivity index (χ1v) is 4.55. The van der Waals surface area contributed by atoms with Gasteiger partial charge in [0.2, 0.25) is 0 Å². The van der Waals surface area contributed by atoms with Gasteiger partial charge in [0, 0.05) is 6.92 Å². The van der Waals surface area contributed by atoms with E-state index in [4.69, 9.17) is 0 Å². The number of rotatable bonds is 3. The summed E-state index contributed by atoms with van der Waals surface area (Å²) in [5.41, 5.74) is 0. The van der Waals surface area contributed by atoms with Crippen LogP contribution in [-0.2, 0) is 11.2 Å². The van der Waals surface area contributed by atoms with Crippen LogP contribution in [0, 0.1) is 0 Å². The zero-order valence-corrected chi connectivity index (χ0v) is 7.12. The Kier molecular flexibility index (Phi) is 4.91. The minimum atomic E-state index is -0.704. The average Bonchev–Trinajstić information content (AvgIpc) is 1.87. The fraction of sp³-hybridized carbons (Fsp3) is 0.714. The maximum absolute atomic E-state index is 11.0. The highest BCUT2D eigenvalue weighted by Crippen LogP contribution is 2.06. The van der Waals surface area contributed by atoms with Crippen molar-refractivity contribution >= 4 is 11.2 Å². The number of hydrogen-bond donors (Lipinski definition) is 0. The monoisotopic (exact) mass is 146 g/mol. The molecule has 0 aliphatic heterocycles. The molecule has 0 N–H and O–H groups in total. The van der Waals surface area contributed by atoms with Gasteiger partial charge in [0.1, 0.15) is 10.7 Å². The first-order valence-electron chi connectivity index (χ1n) is 3.23. The highest BCUT2D eigenvalue weighted by atomic mass is 32.2. The fourth-order valence-electron chi connectivity index (χ4n) is 0.478. The van der Waals surface area contributed by atoms with Crippen LogP contribution in [-0.4, -0.2) is 10.3 Å². The lowest BCUT2D eigenvalue weighted by atomic mass is 10.6. The van der Waals surface area contributed by atoms with Crippen molar-refractivity contribution in [2.24, 2.45) is 0 Å². The molecule has 0 heterocycles. The van der Waals surface area contributed by atoms with Crippen molar-refractivity contribution in [2.75, 3.05) is 5.75 Å². The van der Waals surface area contributed by atoms with Crippen LogP contribution in [0.2, 0.25) is 0 Å². The fourth-order valence-corrected chi connectivity index (χ4v) is 1.43. The molecule has 0 radical (unpaired) electrons. The van der Waals surface area contributed by atoms with Gasteiger partial charge in [-0.3, -0.25) is 0 Å². The van der Waals surface area contributed by atoms with E-state index < -0.39 is 11.2 Å². The molecule has 0 fully saturated rings. The van der Waals surface area contributed by atoms with Crippen molar-refractivity contribution in [1.82, 2.24) is 0 Å². The molecule has 54 valence electrons. The molecule has 1 nitrogen and oxygen atoms in total. The first kappa shape index (κ1) is 9.05. The van der Waals surface area contributed by atoms with Gasteiger partial charge in [-0.15, -0.1) is 0 Å². The second-order valence-electron chi connectivity index (χ2n) is 1.95. The molecule has 0 aromatic heterocycles. The zero-order valence-electron chi connectivity index (χ0n) is 6.31. The highest BCUT2D eigenvalue weighted by molar-refractivity contribution is 7.95. The lowest BCUT2D eigenvalue weighted by Crippen LogP contribution is -2.05. The summed E-state index contributed by atoms with van der Waals surface area (Å²) in [6.07, 6.45) is 2.91. The number of hydrogen-bond acceptors (Lipinski definition) is 1. The summed E-state index contributed by atoms with van der Waals surface area (Å²) >= 11 is -0.704. The summed E-state index contributed by atoms with van der Waals surface area (Å²) in [5.74, 6) is 0.802. The van der Waals surface area contributed by atoms with Crippen LogP contribution < -0.4 is 0 Å². The summed E-state index contributed by atoms with van der Waals surface area (Å²) in [7, 11) is 0. The zero-order chi connectivity index (χ0) is 7.28. The Labute approximate surface area is 60.3 Å². The molecule has 0 saturated carbocycles. The first-order chi connectivity index (χ1) is 4.22. The molecule has 1 atom stereocenters. The molecule has 0 aliphatic carbocycles. The Hall–Kier alpha value is 0.0500. The van der Waals surface area contributed by atoms with E-state index in [1.165, 1.54) is 0 Å². The van der Waals surface area contributed by atoms with Gasteiger partial charge in [-0.2, -0.15) is 0 Å². The van der Waals surface area contributed by atoms with E-state index in [2.05, 4.69) is 0 Å². The van der Waals surface area contributed by atoms with Gasteiger partial charge in [0.15, 0.2) is 0 Å². The minimum Gasteiger partial charge on any atom is -0.612 e. The van der Waals surface area contributed by atoms with E-state index in [0.29, 0.717) is 0 Å². The van der Waals surface area contributed by atoms with Gasteiger partial charge in [-0.05, 0) is 30.6 Å². The van der Waals surface area contributed by atoms with Crippen molar-refractivity contribution in [3.8, 4) is 0 Å². The van der Waals surface area contributed by atoms with Crippen molar-refractivity contribution in [3.05, 3.63) is 11.0 Å². The SMILES string of the molecule is C/C=C(/C)[S+]([O-])CCC. The maximum Gasteiger partial charge on any atom is 0.122 e. The van der Waals surface area contributed by atoms with Crippen molar-refractivity contribution in [2.45, 2.75) is 27.2 Å². The largest absolute Gasteiger partial charge is 0.612 e. The normalized spacial score (nSPS) is 15.8. The molecule has 9 heavy (non-hydrogen) atoms. The second-order valence-corrected chi connectivity index (χ2v) is 3.69. The molecule has 0 spiro atoms. The Bertz CT molecular complexity index is 99.1. The lowest BCUT2D eigenvalue weighted by Gasteiger charge is -2.07. The van der Waals surface area contributed by atoms with Gasteiger partial charge in [-0.1, -0.05) is 6.92 Å². The van der Waals surface area contributed by atoms with Crippen LogP contribution in [0.3, 0.4) is 0 Å². The van der Waals surface area contributed by atoms with Crippen LogP contribution in [0.25, 0.3) is 0 Å². The molecule has 2 heteroatoms. The molecular formula is C7H14OS. The molecule has 1 unspecified atom stereocenters. The van der Waals surface area contributed by atoms with Crippen LogP contribution in [0.4, 0.5) is 0 Å². The van der Waals surface area contributed by atoms with E-state index in [-0.39, 0.29) is 0 Å². The molecule has 0 amide bonds. The van der Waals surface area contributed by atoms with E-state index in [9.17, 15) is 4.55 Å². The Morgan fingerprint density at radius 1 is 1.67 bits per heavy atom. The third-order valence-corrected chi connectivity index (χ3v) is 2.89. The van der Waals surface area contributed by atoms with Gasteiger partial charge in [0.05, 0.1) is 0 Å². The van der Waals surface area contributed by atoms with Crippen LogP contribution in [0.15, 0.2) is 11.0 Å². The third kappa shape index (κ3) is 3.60. The Balaban J connectivity index is 3.59. The molecule has 0 aromatic carbocycles. The quantitative estimate of drug-likeness (QED) is 0.559. The standard InChI is InChI=1S/C7H14OS/c1-4-6-9(8)7(3)5-2/h5H,4,6H2,1-3H3/b7-5-. The van der Waals surface area contributed by atoms with Crippen LogP contribution >= 0.6 is 0 Å². The molecule has 0 saturated heterocycles. The maximum atomic E-state index is 11.0. The van der Waals surface area contributed by atoms with E-state index in [1.807, 2.05) is 26.8 Å².